The van der Waals surface area contributed by atoms with Crippen LogP contribution < -0.4 is 10.1 Å². The van der Waals surface area contributed by atoms with Crippen LogP contribution in [0, 0.1) is 0 Å². The highest BCUT2D eigenvalue weighted by molar-refractivity contribution is 5.96. The third kappa shape index (κ3) is 3.60. The molecule has 21 heavy (non-hydrogen) atoms. The number of carbonyl (C=O) groups is 2. The molecule has 0 saturated heterocycles. The number of amides is 1. The third-order valence-corrected chi connectivity index (χ3v) is 2.98. The zero-order chi connectivity index (χ0) is 15.2. The molecule has 0 saturated carbocycles. The van der Waals surface area contributed by atoms with E-state index in [2.05, 4.69) is 5.32 Å². The molecule has 0 spiro atoms. The summed E-state index contributed by atoms with van der Waals surface area (Å²) < 4.78 is 5.13. The molecule has 0 fully saturated rings. The van der Waals surface area contributed by atoms with Gasteiger partial charge in [0.05, 0.1) is 18.2 Å². The number of nitrogens with one attached hydrogen (secondary N) is 1. The van der Waals surface area contributed by atoms with E-state index in [1.54, 1.807) is 36.4 Å². The van der Waals surface area contributed by atoms with E-state index in [-0.39, 0.29) is 18.0 Å². The van der Waals surface area contributed by atoms with Gasteiger partial charge in [0.25, 0.3) is 5.91 Å². The average molecular weight is 285 g/mol. The number of ether oxygens (including phenoxy) is 1. The number of hydrogen-bond donors (Lipinski definition) is 2. The van der Waals surface area contributed by atoms with Crippen molar-refractivity contribution in [1.29, 1.82) is 0 Å². The summed E-state index contributed by atoms with van der Waals surface area (Å²) in [5.74, 6) is -0.768. The van der Waals surface area contributed by atoms with Crippen molar-refractivity contribution >= 4 is 11.9 Å². The Morgan fingerprint density at radius 3 is 2.62 bits per heavy atom. The molecule has 2 N–H and O–H groups in total. The van der Waals surface area contributed by atoms with Crippen molar-refractivity contribution in [3.8, 4) is 5.75 Å². The quantitative estimate of drug-likeness (QED) is 0.884. The summed E-state index contributed by atoms with van der Waals surface area (Å²) in [6.45, 7) is 0.248. The highest BCUT2D eigenvalue weighted by atomic mass is 16.5. The van der Waals surface area contributed by atoms with Crippen molar-refractivity contribution in [3.63, 3.8) is 0 Å². The maximum atomic E-state index is 12.1. The van der Waals surface area contributed by atoms with E-state index < -0.39 is 5.97 Å². The number of methoxy groups -OCH3 is 1. The van der Waals surface area contributed by atoms with Gasteiger partial charge >= 0.3 is 5.97 Å². The summed E-state index contributed by atoms with van der Waals surface area (Å²) in [7, 11) is 1.50. The number of hydrogen-bond acceptors (Lipinski definition) is 3. The summed E-state index contributed by atoms with van der Waals surface area (Å²) >= 11 is 0. The normalized spacial score (nSPS) is 9.95. The zero-order valence-electron chi connectivity index (χ0n) is 11.5. The Labute approximate surface area is 122 Å². The molecule has 0 aliphatic rings. The van der Waals surface area contributed by atoms with E-state index >= 15 is 0 Å². The minimum absolute atomic E-state index is 0.194. The van der Waals surface area contributed by atoms with Crippen molar-refractivity contribution in [2.75, 3.05) is 7.11 Å². The molecule has 1 amide bonds. The SMILES string of the molecule is COc1ccccc1C(=O)NCc1cccc(C(=O)O)c1. The highest BCUT2D eigenvalue weighted by Crippen LogP contribution is 2.17. The van der Waals surface area contributed by atoms with E-state index in [1.165, 1.54) is 19.2 Å². The fourth-order valence-electron chi connectivity index (χ4n) is 1.92. The van der Waals surface area contributed by atoms with Crippen molar-refractivity contribution in [1.82, 2.24) is 5.32 Å². The molecule has 5 nitrogen and oxygen atoms in total. The molecule has 0 bridgehead atoms. The predicted octanol–water partition coefficient (Wildman–Crippen LogP) is 2.32. The highest BCUT2D eigenvalue weighted by Gasteiger charge is 2.11. The molecule has 0 radical (unpaired) electrons. The van der Waals surface area contributed by atoms with Crippen LogP contribution in [0.3, 0.4) is 0 Å². The van der Waals surface area contributed by atoms with Crippen molar-refractivity contribution < 1.29 is 19.4 Å². The van der Waals surface area contributed by atoms with Crippen LogP contribution in [-0.2, 0) is 6.54 Å². The number of aromatic carboxylic acids is 1. The lowest BCUT2D eigenvalue weighted by molar-refractivity contribution is 0.0696. The first kappa shape index (κ1) is 14.6. The standard InChI is InChI=1S/C16H15NO4/c1-21-14-8-3-2-7-13(14)15(18)17-10-11-5-4-6-12(9-11)16(19)20/h2-9H,10H2,1H3,(H,17,18)(H,19,20). The van der Waals surface area contributed by atoms with Gasteiger partial charge in [-0.15, -0.1) is 0 Å². The molecule has 0 atom stereocenters. The Hall–Kier alpha value is -2.82. The van der Waals surface area contributed by atoms with Gasteiger partial charge in [0, 0.05) is 6.54 Å². The number of benzene rings is 2. The minimum atomic E-state index is -0.993. The topological polar surface area (TPSA) is 75.6 Å². The van der Waals surface area contributed by atoms with Crippen LogP contribution in [0.15, 0.2) is 48.5 Å². The minimum Gasteiger partial charge on any atom is -0.496 e. The second-order valence-electron chi connectivity index (χ2n) is 4.39. The first-order chi connectivity index (χ1) is 10.1. The zero-order valence-corrected chi connectivity index (χ0v) is 11.5. The summed E-state index contributed by atoms with van der Waals surface area (Å²) in [6.07, 6.45) is 0. The van der Waals surface area contributed by atoms with Crippen LogP contribution in [0.4, 0.5) is 0 Å². The molecule has 0 aliphatic heterocycles. The molecular formula is C16H15NO4. The number of rotatable bonds is 5. The van der Waals surface area contributed by atoms with Crippen LogP contribution in [0.1, 0.15) is 26.3 Å². The lowest BCUT2D eigenvalue weighted by atomic mass is 10.1. The lowest BCUT2D eigenvalue weighted by Gasteiger charge is -2.09. The van der Waals surface area contributed by atoms with E-state index in [4.69, 9.17) is 9.84 Å². The fraction of sp³-hybridized carbons (Fsp3) is 0.125. The van der Waals surface area contributed by atoms with Gasteiger partial charge < -0.3 is 15.2 Å². The monoisotopic (exact) mass is 285 g/mol. The van der Waals surface area contributed by atoms with Crippen LogP contribution in [0.25, 0.3) is 0 Å². The molecule has 0 aromatic heterocycles. The van der Waals surface area contributed by atoms with Gasteiger partial charge in [-0.1, -0.05) is 24.3 Å². The summed E-state index contributed by atoms with van der Waals surface area (Å²) in [5.41, 5.74) is 1.35. The lowest BCUT2D eigenvalue weighted by Crippen LogP contribution is -2.23. The molecule has 2 rings (SSSR count). The fourth-order valence-corrected chi connectivity index (χ4v) is 1.92. The van der Waals surface area contributed by atoms with Gasteiger partial charge in [-0.2, -0.15) is 0 Å². The van der Waals surface area contributed by atoms with E-state index in [9.17, 15) is 9.59 Å². The molecule has 0 aliphatic carbocycles. The Bertz CT molecular complexity index is 667. The maximum absolute atomic E-state index is 12.1. The molecule has 5 heteroatoms. The summed E-state index contributed by atoms with van der Waals surface area (Å²) in [4.78, 5) is 23.0. The van der Waals surface area contributed by atoms with E-state index in [1.807, 2.05) is 0 Å². The average Bonchev–Trinajstić information content (AvgIpc) is 2.52. The summed E-state index contributed by atoms with van der Waals surface area (Å²) in [6, 6.07) is 13.4. The summed E-state index contributed by atoms with van der Waals surface area (Å²) in [5, 5.41) is 11.7. The van der Waals surface area contributed by atoms with Gasteiger partial charge in [-0.05, 0) is 29.8 Å². The second-order valence-corrected chi connectivity index (χ2v) is 4.39. The van der Waals surface area contributed by atoms with Crippen LogP contribution in [0.2, 0.25) is 0 Å². The van der Waals surface area contributed by atoms with Gasteiger partial charge in [0.15, 0.2) is 0 Å². The van der Waals surface area contributed by atoms with Crippen molar-refractivity contribution in [2.24, 2.45) is 0 Å². The predicted molar refractivity (Wildman–Crippen MR) is 77.6 cm³/mol. The number of carboxylic acid groups (broad SMARTS) is 1. The van der Waals surface area contributed by atoms with E-state index in [0.29, 0.717) is 11.3 Å². The first-order valence-electron chi connectivity index (χ1n) is 6.35. The molecule has 108 valence electrons. The van der Waals surface area contributed by atoms with Crippen molar-refractivity contribution in [2.45, 2.75) is 6.54 Å². The van der Waals surface area contributed by atoms with Crippen molar-refractivity contribution in [3.05, 3.63) is 65.2 Å². The van der Waals surface area contributed by atoms with E-state index in [0.717, 1.165) is 5.56 Å². The van der Waals surface area contributed by atoms with Gasteiger partial charge in [-0.25, -0.2) is 4.79 Å². The molecule has 0 unspecified atom stereocenters. The smallest absolute Gasteiger partial charge is 0.335 e. The number of carbonyl (C=O) groups excluding carboxylic acids is 1. The van der Waals surface area contributed by atoms with Gasteiger partial charge in [0.1, 0.15) is 5.75 Å². The third-order valence-electron chi connectivity index (χ3n) is 2.98. The Balaban J connectivity index is 2.07. The molecular weight excluding hydrogens is 270 g/mol. The molecule has 0 heterocycles. The maximum Gasteiger partial charge on any atom is 0.335 e. The Morgan fingerprint density at radius 1 is 1.14 bits per heavy atom. The Kier molecular flexibility index (Phi) is 4.56. The van der Waals surface area contributed by atoms with Crippen LogP contribution in [-0.4, -0.2) is 24.1 Å². The van der Waals surface area contributed by atoms with Crippen LogP contribution in [0.5, 0.6) is 5.75 Å². The largest absolute Gasteiger partial charge is 0.496 e. The molecule has 2 aromatic rings. The second kappa shape index (κ2) is 6.56. The first-order valence-corrected chi connectivity index (χ1v) is 6.35. The van der Waals surface area contributed by atoms with Gasteiger partial charge in [0.2, 0.25) is 0 Å². The Morgan fingerprint density at radius 2 is 1.90 bits per heavy atom. The number of para-hydroxylation sites is 1. The number of carboxylic acids is 1. The van der Waals surface area contributed by atoms with Crippen LogP contribution >= 0.6 is 0 Å². The molecule has 2 aromatic carbocycles. The van der Waals surface area contributed by atoms with Gasteiger partial charge in [-0.3, -0.25) is 4.79 Å².